The summed E-state index contributed by atoms with van der Waals surface area (Å²) in [7, 11) is 0. The van der Waals surface area contributed by atoms with E-state index in [1.165, 1.54) is 34.7 Å². The molecule has 0 aromatic heterocycles. The molecule has 0 atom stereocenters. The van der Waals surface area contributed by atoms with E-state index in [1.54, 1.807) is 0 Å². The van der Waals surface area contributed by atoms with E-state index in [1.807, 2.05) is 30.3 Å². The second kappa shape index (κ2) is 6.43. The first-order valence-corrected chi connectivity index (χ1v) is 8.31. The van der Waals surface area contributed by atoms with Gasteiger partial charge in [-0.05, 0) is 76.5 Å². The highest BCUT2D eigenvalue weighted by atomic mass is 32.2. The minimum atomic E-state index is 0.105. The molecule has 2 aromatic rings. The Hall–Kier alpha value is -2.32. The molecule has 0 radical (unpaired) electrons. The van der Waals surface area contributed by atoms with Crippen LogP contribution in [-0.2, 0) is 6.42 Å². The fourth-order valence-corrected chi connectivity index (χ4v) is 3.77. The monoisotopic (exact) mass is 346 g/mol. The van der Waals surface area contributed by atoms with Crippen LogP contribution in [0.25, 0.3) is 11.1 Å². The summed E-state index contributed by atoms with van der Waals surface area (Å²) in [6.45, 7) is 0. The standard InChI is InChI=1S/C15H14N4O2S2/c16-14(18-20)22-10-3-4-12-9(6-10)5-8-1-2-11(7-13(8)12)23-15(17)19-21/h1-4,6-7,20-21H,5H2,(H2,16,18)(H2,17,19). The van der Waals surface area contributed by atoms with Gasteiger partial charge in [-0.2, -0.15) is 0 Å². The second-order valence-corrected chi connectivity index (χ2v) is 7.08. The number of oxime groups is 2. The summed E-state index contributed by atoms with van der Waals surface area (Å²) in [6, 6.07) is 12.1. The lowest BCUT2D eigenvalue weighted by Crippen LogP contribution is -2.05. The Labute approximate surface area is 141 Å². The van der Waals surface area contributed by atoms with E-state index in [4.69, 9.17) is 21.9 Å². The molecule has 1 aliphatic carbocycles. The average molecular weight is 346 g/mol. The SMILES string of the molecule is N/C(=N\O)Sc1ccc2c(c1)Cc1ccc(S/C(N)=N/O)cc1-2. The highest BCUT2D eigenvalue weighted by Gasteiger charge is 2.19. The summed E-state index contributed by atoms with van der Waals surface area (Å²) >= 11 is 2.43. The van der Waals surface area contributed by atoms with Crippen LogP contribution in [0.4, 0.5) is 0 Å². The molecule has 0 saturated heterocycles. The van der Waals surface area contributed by atoms with Crippen LogP contribution >= 0.6 is 23.5 Å². The molecule has 1 aliphatic rings. The van der Waals surface area contributed by atoms with Crippen molar-refractivity contribution in [2.45, 2.75) is 16.2 Å². The summed E-state index contributed by atoms with van der Waals surface area (Å²) in [6.07, 6.45) is 0.837. The molecule has 3 rings (SSSR count). The highest BCUT2D eigenvalue weighted by Crippen LogP contribution is 2.40. The number of nitrogens with zero attached hydrogens (tertiary/aromatic N) is 2. The van der Waals surface area contributed by atoms with Gasteiger partial charge in [-0.1, -0.05) is 22.4 Å². The number of rotatable bonds is 2. The van der Waals surface area contributed by atoms with Crippen molar-refractivity contribution in [1.29, 1.82) is 0 Å². The van der Waals surface area contributed by atoms with E-state index in [0.717, 1.165) is 27.3 Å². The third-order valence-corrected chi connectivity index (χ3v) is 5.03. The first kappa shape index (κ1) is 15.6. The number of benzene rings is 2. The van der Waals surface area contributed by atoms with Crippen molar-refractivity contribution in [1.82, 2.24) is 0 Å². The van der Waals surface area contributed by atoms with E-state index < -0.39 is 0 Å². The van der Waals surface area contributed by atoms with Crippen LogP contribution in [-0.4, -0.2) is 20.7 Å². The van der Waals surface area contributed by atoms with Gasteiger partial charge in [0.25, 0.3) is 0 Å². The van der Waals surface area contributed by atoms with Crippen LogP contribution < -0.4 is 11.5 Å². The van der Waals surface area contributed by atoms with E-state index in [-0.39, 0.29) is 10.3 Å². The van der Waals surface area contributed by atoms with Crippen molar-refractivity contribution in [3.8, 4) is 11.1 Å². The summed E-state index contributed by atoms with van der Waals surface area (Å²) in [4.78, 5) is 1.85. The van der Waals surface area contributed by atoms with Gasteiger partial charge in [0.1, 0.15) is 0 Å². The summed E-state index contributed by atoms with van der Waals surface area (Å²) in [5, 5.41) is 23.5. The Bertz CT molecular complexity index is 821. The smallest absolute Gasteiger partial charge is 0.202 e. The topological polar surface area (TPSA) is 117 Å². The maximum Gasteiger partial charge on any atom is 0.202 e. The summed E-state index contributed by atoms with van der Waals surface area (Å²) < 4.78 is 0. The molecule has 0 amide bonds. The first-order valence-electron chi connectivity index (χ1n) is 6.67. The lowest BCUT2D eigenvalue weighted by Gasteiger charge is -2.05. The molecule has 0 aliphatic heterocycles. The Morgan fingerprint density at radius 1 is 0.826 bits per heavy atom. The molecule has 0 heterocycles. The zero-order chi connectivity index (χ0) is 16.4. The molecule has 0 unspecified atom stereocenters. The molecule has 0 spiro atoms. The van der Waals surface area contributed by atoms with Gasteiger partial charge in [-0.25, -0.2) is 0 Å². The predicted molar refractivity (Wildman–Crippen MR) is 93.2 cm³/mol. The minimum Gasteiger partial charge on any atom is -0.409 e. The first-order chi connectivity index (χ1) is 11.1. The third kappa shape index (κ3) is 3.22. The van der Waals surface area contributed by atoms with Crippen LogP contribution in [0.1, 0.15) is 11.1 Å². The van der Waals surface area contributed by atoms with Gasteiger partial charge in [0.2, 0.25) is 10.3 Å². The Morgan fingerprint density at radius 2 is 1.43 bits per heavy atom. The van der Waals surface area contributed by atoms with Gasteiger partial charge in [-0.15, -0.1) is 0 Å². The van der Waals surface area contributed by atoms with Crippen molar-refractivity contribution < 1.29 is 10.4 Å². The molecule has 118 valence electrons. The molecule has 0 fully saturated rings. The van der Waals surface area contributed by atoms with Gasteiger partial charge in [-0.3, -0.25) is 0 Å². The van der Waals surface area contributed by atoms with Crippen LogP contribution in [0, 0.1) is 0 Å². The number of nitrogens with two attached hydrogens (primary N) is 2. The van der Waals surface area contributed by atoms with Gasteiger partial charge in [0.05, 0.1) is 0 Å². The van der Waals surface area contributed by atoms with Crippen LogP contribution in [0.3, 0.4) is 0 Å². The van der Waals surface area contributed by atoms with Gasteiger partial charge in [0, 0.05) is 9.79 Å². The molecule has 0 bridgehead atoms. The largest absolute Gasteiger partial charge is 0.409 e. The van der Waals surface area contributed by atoms with Crippen molar-refractivity contribution in [3.63, 3.8) is 0 Å². The molecule has 23 heavy (non-hydrogen) atoms. The van der Waals surface area contributed by atoms with Crippen molar-refractivity contribution in [2.75, 3.05) is 0 Å². The van der Waals surface area contributed by atoms with E-state index in [2.05, 4.69) is 16.4 Å². The second-order valence-electron chi connectivity index (χ2n) is 4.90. The Balaban J connectivity index is 1.92. The number of hydrogen-bond acceptors (Lipinski definition) is 6. The van der Waals surface area contributed by atoms with Crippen LogP contribution in [0.5, 0.6) is 0 Å². The average Bonchev–Trinajstić information content (AvgIpc) is 2.91. The van der Waals surface area contributed by atoms with Gasteiger partial charge in [0.15, 0.2) is 0 Å². The maximum absolute atomic E-state index is 8.67. The number of thioether (sulfide) groups is 2. The van der Waals surface area contributed by atoms with Crippen molar-refractivity contribution >= 4 is 33.9 Å². The highest BCUT2D eigenvalue weighted by molar-refractivity contribution is 8.14. The van der Waals surface area contributed by atoms with Crippen molar-refractivity contribution in [2.24, 2.45) is 21.8 Å². The Kier molecular flexibility index (Phi) is 4.35. The molecule has 0 saturated carbocycles. The van der Waals surface area contributed by atoms with E-state index in [0.29, 0.717) is 0 Å². The maximum atomic E-state index is 8.67. The number of fused-ring (bicyclic) bond motifs is 3. The zero-order valence-corrected chi connectivity index (χ0v) is 13.6. The van der Waals surface area contributed by atoms with Crippen molar-refractivity contribution in [3.05, 3.63) is 47.5 Å². The molecule has 6 nitrogen and oxygen atoms in total. The normalized spacial score (nSPS) is 13.7. The Morgan fingerprint density at radius 3 is 2.09 bits per heavy atom. The van der Waals surface area contributed by atoms with E-state index in [9.17, 15) is 0 Å². The van der Waals surface area contributed by atoms with E-state index >= 15 is 0 Å². The van der Waals surface area contributed by atoms with Crippen LogP contribution in [0.15, 0.2) is 56.5 Å². The molecule has 8 heteroatoms. The third-order valence-electron chi connectivity index (χ3n) is 3.47. The lowest BCUT2D eigenvalue weighted by molar-refractivity contribution is 0.320. The van der Waals surface area contributed by atoms with Gasteiger partial charge < -0.3 is 21.9 Å². The molecule has 6 N–H and O–H groups in total. The van der Waals surface area contributed by atoms with Gasteiger partial charge >= 0.3 is 0 Å². The number of hydrogen-bond donors (Lipinski definition) is 4. The summed E-state index contributed by atoms with van der Waals surface area (Å²) in [5.41, 5.74) is 15.8. The summed E-state index contributed by atoms with van der Waals surface area (Å²) in [5.74, 6) is 0. The molecular weight excluding hydrogens is 332 g/mol. The molecule has 2 aromatic carbocycles. The fraction of sp³-hybridized carbons (Fsp3) is 0.0667. The lowest BCUT2D eigenvalue weighted by atomic mass is 10.1. The minimum absolute atomic E-state index is 0.105. The van der Waals surface area contributed by atoms with Crippen LogP contribution in [0.2, 0.25) is 0 Å². The zero-order valence-electron chi connectivity index (χ0n) is 11.9. The fourth-order valence-electron chi connectivity index (χ4n) is 2.55. The predicted octanol–water partition coefficient (Wildman–Crippen LogP) is 2.85. The molecular formula is C15H14N4O2S2. The quantitative estimate of drug-likeness (QED) is 0.186. The number of amidine groups is 2.